The van der Waals surface area contributed by atoms with E-state index in [1.165, 1.54) is 37.3 Å². The number of rotatable bonds is 3. The SMILES string of the molecule is CC(=O)c1ccc(OC(=O)c2cc(Br)ccc2F)cc1. The van der Waals surface area contributed by atoms with Crippen molar-refractivity contribution in [3.8, 4) is 5.75 Å². The van der Waals surface area contributed by atoms with Crippen LogP contribution in [0.4, 0.5) is 4.39 Å². The molecule has 0 atom stereocenters. The summed E-state index contributed by atoms with van der Waals surface area (Å²) in [7, 11) is 0. The van der Waals surface area contributed by atoms with Gasteiger partial charge in [-0.15, -0.1) is 0 Å². The number of carbonyl (C=O) groups excluding carboxylic acids is 2. The molecule has 0 fully saturated rings. The second kappa shape index (κ2) is 5.96. The van der Waals surface area contributed by atoms with Crippen LogP contribution in [0.1, 0.15) is 27.6 Å². The van der Waals surface area contributed by atoms with Crippen molar-refractivity contribution < 1.29 is 18.7 Å². The number of Topliss-reactive ketones (excluding diaryl/α,β-unsaturated/α-hetero) is 1. The number of benzene rings is 2. The number of halogens is 2. The van der Waals surface area contributed by atoms with Crippen LogP contribution in [-0.4, -0.2) is 11.8 Å². The number of ether oxygens (including phenoxy) is 1. The van der Waals surface area contributed by atoms with Crippen LogP contribution in [0.2, 0.25) is 0 Å². The third-order valence-corrected chi connectivity index (χ3v) is 3.11. The molecule has 2 aromatic carbocycles. The molecule has 2 aromatic rings. The van der Waals surface area contributed by atoms with Crippen LogP contribution < -0.4 is 4.74 Å². The third kappa shape index (κ3) is 3.30. The Morgan fingerprint density at radius 3 is 2.35 bits per heavy atom. The summed E-state index contributed by atoms with van der Waals surface area (Å²) in [6, 6.07) is 10.1. The van der Waals surface area contributed by atoms with E-state index in [0.29, 0.717) is 10.0 Å². The van der Waals surface area contributed by atoms with Crippen molar-refractivity contribution in [2.24, 2.45) is 0 Å². The Hall–Kier alpha value is -2.01. The minimum absolute atomic E-state index is 0.0825. The minimum Gasteiger partial charge on any atom is -0.423 e. The summed E-state index contributed by atoms with van der Waals surface area (Å²) < 4.78 is 19.2. The fourth-order valence-corrected chi connectivity index (χ4v) is 1.93. The molecular weight excluding hydrogens is 327 g/mol. The van der Waals surface area contributed by atoms with E-state index in [9.17, 15) is 14.0 Å². The van der Waals surface area contributed by atoms with Gasteiger partial charge in [0.15, 0.2) is 5.78 Å². The highest BCUT2D eigenvalue weighted by atomic mass is 79.9. The van der Waals surface area contributed by atoms with Gasteiger partial charge in [-0.3, -0.25) is 4.79 Å². The van der Waals surface area contributed by atoms with E-state index in [2.05, 4.69) is 15.9 Å². The molecule has 102 valence electrons. The summed E-state index contributed by atoms with van der Waals surface area (Å²) in [4.78, 5) is 23.0. The predicted molar refractivity (Wildman–Crippen MR) is 75.5 cm³/mol. The Bertz CT molecular complexity index is 665. The van der Waals surface area contributed by atoms with E-state index < -0.39 is 11.8 Å². The molecule has 0 saturated carbocycles. The third-order valence-electron chi connectivity index (χ3n) is 2.62. The molecule has 0 aliphatic heterocycles. The Morgan fingerprint density at radius 1 is 1.10 bits per heavy atom. The van der Waals surface area contributed by atoms with E-state index in [-0.39, 0.29) is 17.1 Å². The molecule has 20 heavy (non-hydrogen) atoms. The van der Waals surface area contributed by atoms with E-state index in [1.54, 1.807) is 12.1 Å². The van der Waals surface area contributed by atoms with Crippen molar-refractivity contribution in [3.63, 3.8) is 0 Å². The molecule has 0 spiro atoms. The molecule has 0 saturated heterocycles. The minimum atomic E-state index is -0.792. The van der Waals surface area contributed by atoms with Gasteiger partial charge >= 0.3 is 5.97 Å². The highest BCUT2D eigenvalue weighted by Crippen LogP contribution is 2.19. The van der Waals surface area contributed by atoms with Gasteiger partial charge in [0.2, 0.25) is 0 Å². The molecule has 0 radical (unpaired) electrons. The van der Waals surface area contributed by atoms with E-state index in [1.807, 2.05) is 0 Å². The van der Waals surface area contributed by atoms with E-state index in [0.717, 1.165) is 0 Å². The first-order valence-corrected chi connectivity index (χ1v) is 6.55. The van der Waals surface area contributed by atoms with Crippen LogP contribution >= 0.6 is 15.9 Å². The second-order valence-electron chi connectivity index (χ2n) is 4.09. The van der Waals surface area contributed by atoms with Crippen molar-refractivity contribution in [3.05, 3.63) is 63.9 Å². The summed E-state index contributed by atoms with van der Waals surface area (Å²) in [6.07, 6.45) is 0. The van der Waals surface area contributed by atoms with Crippen LogP contribution in [0, 0.1) is 5.82 Å². The van der Waals surface area contributed by atoms with Gasteiger partial charge in [-0.05, 0) is 49.4 Å². The lowest BCUT2D eigenvalue weighted by Crippen LogP contribution is -2.10. The number of hydrogen-bond donors (Lipinski definition) is 0. The highest BCUT2D eigenvalue weighted by molar-refractivity contribution is 9.10. The summed E-state index contributed by atoms with van der Waals surface area (Å²) in [5.74, 6) is -1.28. The lowest BCUT2D eigenvalue weighted by atomic mass is 10.1. The molecule has 0 aromatic heterocycles. The highest BCUT2D eigenvalue weighted by Gasteiger charge is 2.14. The second-order valence-corrected chi connectivity index (χ2v) is 5.01. The zero-order valence-corrected chi connectivity index (χ0v) is 12.1. The Labute approximate surface area is 123 Å². The van der Waals surface area contributed by atoms with Gasteiger partial charge in [-0.2, -0.15) is 0 Å². The lowest BCUT2D eigenvalue weighted by Gasteiger charge is -2.06. The molecule has 5 heteroatoms. The summed E-state index contributed by atoms with van der Waals surface area (Å²) >= 11 is 3.16. The summed E-state index contributed by atoms with van der Waals surface area (Å²) in [5, 5.41) is 0. The Kier molecular flexibility index (Phi) is 4.29. The number of carbonyl (C=O) groups is 2. The standard InChI is InChI=1S/C15H10BrFO3/c1-9(18)10-2-5-12(6-3-10)20-15(19)13-8-11(16)4-7-14(13)17/h2-8H,1H3. The summed E-state index contributed by atoms with van der Waals surface area (Å²) in [5.41, 5.74) is 0.355. The van der Waals surface area contributed by atoms with Crippen LogP contribution in [0.5, 0.6) is 5.75 Å². The molecule has 0 bridgehead atoms. The smallest absolute Gasteiger partial charge is 0.346 e. The molecule has 3 nitrogen and oxygen atoms in total. The molecule has 0 heterocycles. The first-order valence-electron chi connectivity index (χ1n) is 5.75. The van der Waals surface area contributed by atoms with Gasteiger partial charge in [-0.1, -0.05) is 15.9 Å². The van der Waals surface area contributed by atoms with Crippen molar-refractivity contribution in [1.29, 1.82) is 0 Å². The van der Waals surface area contributed by atoms with Crippen LogP contribution in [0.3, 0.4) is 0 Å². The van der Waals surface area contributed by atoms with Crippen molar-refractivity contribution in [1.82, 2.24) is 0 Å². The van der Waals surface area contributed by atoms with Gasteiger partial charge in [-0.25, -0.2) is 9.18 Å². The van der Waals surface area contributed by atoms with Crippen LogP contribution in [0.25, 0.3) is 0 Å². The molecule has 2 rings (SSSR count). The fraction of sp³-hybridized carbons (Fsp3) is 0.0667. The van der Waals surface area contributed by atoms with Crippen molar-refractivity contribution in [2.75, 3.05) is 0 Å². The van der Waals surface area contributed by atoms with E-state index in [4.69, 9.17) is 4.74 Å². The number of esters is 1. The largest absolute Gasteiger partial charge is 0.423 e. The van der Waals surface area contributed by atoms with Crippen molar-refractivity contribution in [2.45, 2.75) is 6.92 Å². The summed E-state index contributed by atoms with van der Waals surface area (Å²) in [6.45, 7) is 1.44. The first-order chi connectivity index (χ1) is 9.47. The molecule has 0 N–H and O–H groups in total. The maximum Gasteiger partial charge on any atom is 0.346 e. The maximum absolute atomic E-state index is 13.5. The van der Waals surface area contributed by atoms with Gasteiger partial charge in [0.05, 0.1) is 5.56 Å². The molecule has 0 aliphatic rings. The Morgan fingerprint density at radius 2 is 1.75 bits per heavy atom. The van der Waals surface area contributed by atoms with E-state index >= 15 is 0 Å². The lowest BCUT2D eigenvalue weighted by molar-refractivity contribution is 0.0729. The first kappa shape index (κ1) is 14.4. The zero-order chi connectivity index (χ0) is 14.7. The average molecular weight is 337 g/mol. The maximum atomic E-state index is 13.5. The fourth-order valence-electron chi connectivity index (χ4n) is 1.57. The van der Waals surface area contributed by atoms with Gasteiger partial charge in [0.1, 0.15) is 11.6 Å². The molecular formula is C15H10BrFO3. The topological polar surface area (TPSA) is 43.4 Å². The zero-order valence-electron chi connectivity index (χ0n) is 10.5. The predicted octanol–water partition coefficient (Wildman–Crippen LogP) is 4.01. The quantitative estimate of drug-likeness (QED) is 0.483. The van der Waals surface area contributed by atoms with Crippen LogP contribution in [0.15, 0.2) is 46.9 Å². The number of ketones is 1. The van der Waals surface area contributed by atoms with Gasteiger partial charge < -0.3 is 4.74 Å². The Balaban J connectivity index is 2.19. The monoisotopic (exact) mass is 336 g/mol. The molecule has 0 amide bonds. The van der Waals surface area contributed by atoms with Gasteiger partial charge in [0, 0.05) is 10.0 Å². The number of hydrogen-bond acceptors (Lipinski definition) is 3. The molecule has 0 unspecified atom stereocenters. The van der Waals surface area contributed by atoms with Gasteiger partial charge in [0.25, 0.3) is 0 Å². The normalized spacial score (nSPS) is 10.2. The van der Waals surface area contributed by atoms with Crippen molar-refractivity contribution >= 4 is 27.7 Å². The average Bonchev–Trinajstić information content (AvgIpc) is 2.42. The van der Waals surface area contributed by atoms with Crippen LogP contribution in [-0.2, 0) is 0 Å². The molecule has 0 aliphatic carbocycles.